The molecule has 0 atom stereocenters. The Hall–Kier alpha value is -2.50. The molecule has 3 N–H and O–H groups in total. The van der Waals surface area contributed by atoms with Crippen LogP contribution >= 0.6 is 0 Å². The normalized spacial score (nSPS) is 9.58. The number of carboxylic acid groups (broad SMARTS) is 1. The van der Waals surface area contributed by atoms with Crippen molar-refractivity contribution in [2.75, 3.05) is 19.0 Å². The number of amides is 2. The third-order valence-electron chi connectivity index (χ3n) is 2.24. The maximum atomic E-state index is 11.5. The molecule has 0 spiro atoms. The summed E-state index contributed by atoms with van der Waals surface area (Å²) in [6.07, 6.45) is 0. The molecule has 1 aromatic carbocycles. The third-order valence-corrected chi connectivity index (χ3v) is 2.24. The molecule has 0 aliphatic rings. The highest BCUT2D eigenvalue weighted by atomic mass is 16.5. The first kappa shape index (κ1) is 14.6. The van der Waals surface area contributed by atoms with Gasteiger partial charge in [0.2, 0.25) is 0 Å². The number of aromatic carboxylic acids is 1. The minimum Gasteiger partial charge on any atom is -0.496 e. The second-order valence-electron chi connectivity index (χ2n) is 3.98. The van der Waals surface area contributed by atoms with Crippen LogP contribution in [0.2, 0.25) is 0 Å². The van der Waals surface area contributed by atoms with Crippen LogP contribution in [0.3, 0.4) is 0 Å². The van der Waals surface area contributed by atoms with Crippen molar-refractivity contribution in [2.45, 2.75) is 6.92 Å². The molecule has 0 aliphatic heterocycles. The highest BCUT2D eigenvalue weighted by molar-refractivity contribution is 5.94. The number of carbonyl (C=O) groups excluding carboxylic acids is 1. The molecule has 0 radical (unpaired) electrons. The zero-order chi connectivity index (χ0) is 14.4. The predicted octanol–water partition coefficient (Wildman–Crippen LogP) is 2.09. The Morgan fingerprint density at radius 1 is 1.42 bits per heavy atom. The number of carboxylic acids is 1. The Balaban J connectivity index is 2.77. The van der Waals surface area contributed by atoms with E-state index in [4.69, 9.17) is 9.84 Å². The van der Waals surface area contributed by atoms with Gasteiger partial charge in [0.15, 0.2) is 0 Å². The van der Waals surface area contributed by atoms with Crippen LogP contribution in [0, 0.1) is 0 Å². The van der Waals surface area contributed by atoms with E-state index in [9.17, 15) is 9.59 Å². The Bertz CT molecular complexity index is 511. The summed E-state index contributed by atoms with van der Waals surface area (Å²) in [6.45, 7) is 5.83. The topological polar surface area (TPSA) is 87.7 Å². The smallest absolute Gasteiger partial charge is 0.339 e. The fourth-order valence-corrected chi connectivity index (χ4v) is 1.35. The van der Waals surface area contributed by atoms with E-state index in [0.29, 0.717) is 12.2 Å². The molecule has 0 heterocycles. The van der Waals surface area contributed by atoms with E-state index in [2.05, 4.69) is 17.2 Å². The van der Waals surface area contributed by atoms with Gasteiger partial charge in [-0.1, -0.05) is 12.2 Å². The van der Waals surface area contributed by atoms with Crippen LogP contribution in [0.25, 0.3) is 0 Å². The number of hydrogen-bond acceptors (Lipinski definition) is 3. The molecule has 102 valence electrons. The highest BCUT2D eigenvalue weighted by Gasteiger charge is 2.12. The van der Waals surface area contributed by atoms with Gasteiger partial charge < -0.3 is 20.5 Å². The van der Waals surface area contributed by atoms with Gasteiger partial charge >= 0.3 is 12.0 Å². The number of nitrogens with one attached hydrogen (secondary N) is 2. The minimum absolute atomic E-state index is 0.0374. The molecule has 0 aliphatic carbocycles. The fraction of sp³-hybridized carbons (Fsp3) is 0.231. The molecule has 0 aromatic heterocycles. The molecule has 0 saturated heterocycles. The number of benzene rings is 1. The molecule has 0 fully saturated rings. The van der Waals surface area contributed by atoms with Crippen molar-refractivity contribution in [3.63, 3.8) is 0 Å². The largest absolute Gasteiger partial charge is 0.496 e. The molecule has 19 heavy (non-hydrogen) atoms. The summed E-state index contributed by atoms with van der Waals surface area (Å²) in [5.74, 6) is -0.902. The van der Waals surface area contributed by atoms with E-state index in [1.54, 1.807) is 6.92 Å². The van der Waals surface area contributed by atoms with Gasteiger partial charge in [-0.2, -0.15) is 0 Å². The van der Waals surface area contributed by atoms with Gasteiger partial charge in [0.05, 0.1) is 7.11 Å². The van der Waals surface area contributed by atoms with Crippen molar-refractivity contribution < 1.29 is 19.4 Å². The first-order chi connectivity index (χ1) is 8.93. The third kappa shape index (κ3) is 4.34. The van der Waals surface area contributed by atoms with Gasteiger partial charge in [-0.15, -0.1) is 0 Å². The maximum Gasteiger partial charge on any atom is 0.339 e. The summed E-state index contributed by atoms with van der Waals surface area (Å²) in [4.78, 5) is 22.4. The second-order valence-corrected chi connectivity index (χ2v) is 3.98. The SMILES string of the molecule is C=C(C)CNC(=O)Nc1ccc(C(=O)O)c(OC)c1. The second kappa shape index (κ2) is 6.44. The van der Waals surface area contributed by atoms with Crippen LogP contribution < -0.4 is 15.4 Å². The minimum atomic E-state index is -1.09. The zero-order valence-electron chi connectivity index (χ0n) is 10.8. The lowest BCUT2D eigenvalue weighted by molar-refractivity contribution is 0.0693. The molecule has 6 heteroatoms. The first-order valence-electron chi connectivity index (χ1n) is 5.54. The van der Waals surface area contributed by atoms with Crippen molar-refractivity contribution in [2.24, 2.45) is 0 Å². The molecule has 1 rings (SSSR count). The maximum absolute atomic E-state index is 11.5. The van der Waals surface area contributed by atoms with Crippen LogP contribution in [0.1, 0.15) is 17.3 Å². The van der Waals surface area contributed by atoms with Gasteiger partial charge in [0.1, 0.15) is 11.3 Å². The van der Waals surface area contributed by atoms with Crippen molar-refractivity contribution in [1.82, 2.24) is 5.32 Å². The number of carbonyl (C=O) groups is 2. The van der Waals surface area contributed by atoms with Crippen molar-refractivity contribution >= 4 is 17.7 Å². The van der Waals surface area contributed by atoms with E-state index in [1.807, 2.05) is 0 Å². The predicted molar refractivity (Wildman–Crippen MR) is 71.8 cm³/mol. The van der Waals surface area contributed by atoms with E-state index < -0.39 is 12.0 Å². The summed E-state index contributed by atoms with van der Waals surface area (Å²) in [6, 6.07) is 3.92. The summed E-state index contributed by atoms with van der Waals surface area (Å²) in [5, 5.41) is 14.1. The Kier molecular flexibility index (Phi) is 4.93. The fourth-order valence-electron chi connectivity index (χ4n) is 1.35. The Morgan fingerprint density at radius 2 is 2.11 bits per heavy atom. The number of anilines is 1. The molecular weight excluding hydrogens is 248 g/mol. The molecule has 0 saturated carbocycles. The van der Waals surface area contributed by atoms with Crippen LogP contribution in [0.4, 0.5) is 10.5 Å². The van der Waals surface area contributed by atoms with Gasteiger partial charge in [-0.25, -0.2) is 9.59 Å². The average molecular weight is 264 g/mol. The quantitative estimate of drug-likeness (QED) is 0.710. The zero-order valence-corrected chi connectivity index (χ0v) is 10.8. The molecule has 6 nitrogen and oxygen atoms in total. The van der Waals surface area contributed by atoms with Crippen molar-refractivity contribution in [1.29, 1.82) is 0 Å². The number of rotatable bonds is 5. The number of hydrogen-bond donors (Lipinski definition) is 3. The van der Waals surface area contributed by atoms with Gasteiger partial charge in [-0.05, 0) is 19.1 Å². The number of urea groups is 1. The van der Waals surface area contributed by atoms with Crippen LogP contribution in [-0.4, -0.2) is 30.8 Å². The lowest BCUT2D eigenvalue weighted by atomic mass is 10.2. The number of methoxy groups -OCH3 is 1. The van der Waals surface area contributed by atoms with E-state index in [0.717, 1.165) is 5.57 Å². The molecule has 0 unspecified atom stereocenters. The molecule has 2 amide bonds. The first-order valence-corrected chi connectivity index (χ1v) is 5.54. The van der Waals surface area contributed by atoms with Gasteiger partial charge in [-0.3, -0.25) is 0 Å². The Labute approximate surface area is 111 Å². The summed E-state index contributed by atoms with van der Waals surface area (Å²) >= 11 is 0. The van der Waals surface area contributed by atoms with Gasteiger partial charge in [0.25, 0.3) is 0 Å². The van der Waals surface area contributed by atoms with Crippen LogP contribution in [-0.2, 0) is 0 Å². The van der Waals surface area contributed by atoms with Crippen LogP contribution in [0.15, 0.2) is 30.4 Å². The number of ether oxygens (including phenoxy) is 1. The lowest BCUT2D eigenvalue weighted by Gasteiger charge is -2.10. The van der Waals surface area contributed by atoms with Crippen molar-refractivity contribution in [3.8, 4) is 5.75 Å². The highest BCUT2D eigenvalue weighted by Crippen LogP contribution is 2.23. The standard InChI is InChI=1S/C13H16N2O4/c1-8(2)7-14-13(18)15-9-4-5-10(12(16)17)11(6-9)19-3/h4-6H,1,7H2,2-3H3,(H,16,17)(H2,14,15,18). The average Bonchev–Trinajstić information content (AvgIpc) is 2.35. The molecular formula is C13H16N2O4. The Morgan fingerprint density at radius 3 is 2.63 bits per heavy atom. The van der Waals surface area contributed by atoms with E-state index >= 15 is 0 Å². The summed E-state index contributed by atoms with van der Waals surface area (Å²) in [7, 11) is 1.37. The monoisotopic (exact) mass is 264 g/mol. The van der Waals surface area contributed by atoms with Crippen molar-refractivity contribution in [3.05, 3.63) is 35.9 Å². The van der Waals surface area contributed by atoms with Gasteiger partial charge in [0, 0.05) is 18.3 Å². The summed E-state index contributed by atoms with van der Waals surface area (Å²) in [5.41, 5.74) is 1.31. The lowest BCUT2D eigenvalue weighted by Crippen LogP contribution is -2.29. The van der Waals surface area contributed by atoms with E-state index in [1.165, 1.54) is 25.3 Å². The van der Waals surface area contributed by atoms with E-state index in [-0.39, 0.29) is 11.3 Å². The molecule has 0 bridgehead atoms. The van der Waals surface area contributed by atoms with Crippen LogP contribution in [0.5, 0.6) is 5.75 Å². The molecule has 1 aromatic rings. The summed E-state index contributed by atoms with van der Waals surface area (Å²) < 4.78 is 4.96.